The lowest BCUT2D eigenvalue weighted by Gasteiger charge is -2.20. The number of carbonyl (C=O) groups is 1. The molecule has 0 spiro atoms. The van der Waals surface area contributed by atoms with Crippen molar-refractivity contribution < 1.29 is 4.79 Å². The second-order valence-electron chi connectivity index (χ2n) is 2.82. The molecule has 0 saturated heterocycles. The third-order valence-corrected chi connectivity index (χ3v) is 1.99. The van der Waals surface area contributed by atoms with E-state index in [1.807, 2.05) is 26.8 Å². The zero-order chi connectivity index (χ0) is 9.56. The van der Waals surface area contributed by atoms with E-state index in [9.17, 15) is 4.79 Å². The lowest BCUT2D eigenvalue weighted by atomic mass is 10.1. The normalized spacial score (nSPS) is 11.8. The fourth-order valence-corrected chi connectivity index (χ4v) is 0.917. The molecule has 0 aromatic carbocycles. The number of nitrogens with zero attached hydrogens (tertiary/aromatic N) is 2. The van der Waals surface area contributed by atoms with Gasteiger partial charge in [0, 0.05) is 12.5 Å². The highest BCUT2D eigenvalue weighted by molar-refractivity contribution is 5.78. The van der Waals surface area contributed by atoms with Crippen LogP contribution in [0.4, 0.5) is 0 Å². The Kier molecular flexibility index (Phi) is 5.11. The molecule has 0 aliphatic rings. The van der Waals surface area contributed by atoms with Crippen molar-refractivity contribution in [3.8, 4) is 6.07 Å². The monoisotopic (exact) mass is 168 g/mol. The molecule has 3 heteroatoms. The van der Waals surface area contributed by atoms with Crippen molar-refractivity contribution in [2.24, 2.45) is 5.92 Å². The van der Waals surface area contributed by atoms with Gasteiger partial charge >= 0.3 is 0 Å². The summed E-state index contributed by atoms with van der Waals surface area (Å²) in [5.41, 5.74) is 0. The molecule has 0 saturated carbocycles. The summed E-state index contributed by atoms with van der Waals surface area (Å²) < 4.78 is 0. The minimum Gasteiger partial charge on any atom is -0.329 e. The number of rotatable bonds is 4. The summed E-state index contributed by atoms with van der Waals surface area (Å²) in [4.78, 5) is 13.0. The molecule has 0 bridgehead atoms. The Morgan fingerprint density at radius 2 is 2.17 bits per heavy atom. The predicted octanol–water partition coefficient (Wildman–Crippen LogP) is 1.40. The highest BCUT2D eigenvalue weighted by atomic mass is 16.2. The second-order valence-corrected chi connectivity index (χ2v) is 2.82. The van der Waals surface area contributed by atoms with E-state index in [-0.39, 0.29) is 18.4 Å². The lowest BCUT2D eigenvalue weighted by molar-refractivity contribution is -0.134. The van der Waals surface area contributed by atoms with Crippen molar-refractivity contribution in [3.63, 3.8) is 0 Å². The summed E-state index contributed by atoms with van der Waals surface area (Å²) >= 11 is 0. The van der Waals surface area contributed by atoms with Gasteiger partial charge in [0.25, 0.3) is 0 Å². The zero-order valence-electron chi connectivity index (χ0n) is 8.00. The van der Waals surface area contributed by atoms with Gasteiger partial charge in [-0.1, -0.05) is 13.8 Å². The van der Waals surface area contributed by atoms with Gasteiger partial charge in [-0.2, -0.15) is 5.26 Å². The fourth-order valence-electron chi connectivity index (χ4n) is 0.917. The Bertz CT molecular complexity index is 183. The number of carbonyl (C=O) groups excluding carboxylic acids is 1. The first kappa shape index (κ1) is 11.0. The lowest BCUT2D eigenvalue weighted by Crippen LogP contribution is -2.35. The van der Waals surface area contributed by atoms with Gasteiger partial charge in [0.15, 0.2) is 0 Å². The van der Waals surface area contributed by atoms with Gasteiger partial charge in [0.2, 0.25) is 5.91 Å². The minimum absolute atomic E-state index is 0.0401. The van der Waals surface area contributed by atoms with Crippen LogP contribution in [-0.4, -0.2) is 23.9 Å². The first-order valence-electron chi connectivity index (χ1n) is 4.33. The molecule has 0 aliphatic carbocycles. The average Bonchev–Trinajstić information content (AvgIpc) is 2.11. The Morgan fingerprint density at radius 1 is 1.58 bits per heavy atom. The molecule has 0 N–H and O–H groups in total. The van der Waals surface area contributed by atoms with Gasteiger partial charge in [-0.25, -0.2) is 0 Å². The van der Waals surface area contributed by atoms with Gasteiger partial charge < -0.3 is 4.90 Å². The van der Waals surface area contributed by atoms with E-state index in [1.54, 1.807) is 4.90 Å². The molecule has 0 rings (SSSR count). The molecule has 1 amide bonds. The summed E-state index contributed by atoms with van der Waals surface area (Å²) in [6.07, 6.45) is 0.834. The first-order chi connectivity index (χ1) is 5.67. The van der Waals surface area contributed by atoms with Gasteiger partial charge in [-0.05, 0) is 13.3 Å². The Morgan fingerprint density at radius 3 is 2.50 bits per heavy atom. The summed E-state index contributed by atoms with van der Waals surface area (Å²) in [6.45, 7) is 6.58. The van der Waals surface area contributed by atoms with E-state index in [0.29, 0.717) is 6.54 Å². The number of hydrogen-bond donors (Lipinski definition) is 0. The molecular formula is C9H16N2O. The van der Waals surface area contributed by atoms with Gasteiger partial charge in [0.05, 0.1) is 6.07 Å². The highest BCUT2D eigenvalue weighted by Crippen LogP contribution is 2.05. The molecule has 0 heterocycles. The highest BCUT2D eigenvalue weighted by Gasteiger charge is 2.16. The van der Waals surface area contributed by atoms with Crippen molar-refractivity contribution in [1.29, 1.82) is 5.26 Å². The van der Waals surface area contributed by atoms with Crippen LogP contribution in [0.5, 0.6) is 0 Å². The standard InChI is InChI=1S/C9H16N2O/c1-4-8(3)9(12)11(5-2)7-6-10/h8H,4-5,7H2,1-3H3. The molecule has 0 aromatic rings. The van der Waals surface area contributed by atoms with Crippen LogP contribution in [0, 0.1) is 17.2 Å². The third kappa shape index (κ3) is 2.91. The average molecular weight is 168 g/mol. The summed E-state index contributed by atoms with van der Waals surface area (Å²) in [5, 5.41) is 8.43. The van der Waals surface area contributed by atoms with Crippen molar-refractivity contribution in [2.75, 3.05) is 13.1 Å². The molecule has 68 valence electrons. The first-order valence-corrected chi connectivity index (χ1v) is 4.33. The van der Waals surface area contributed by atoms with E-state index in [0.717, 1.165) is 6.42 Å². The molecule has 1 unspecified atom stereocenters. The molecule has 1 atom stereocenters. The molecule has 0 aliphatic heterocycles. The maximum atomic E-state index is 11.5. The fraction of sp³-hybridized carbons (Fsp3) is 0.778. The summed E-state index contributed by atoms with van der Waals surface area (Å²) in [6, 6.07) is 1.98. The number of hydrogen-bond acceptors (Lipinski definition) is 2. The van der Waals surface area contributed by atoms with Crippen LogP contribution >= 0.6 is 0 Å². The molecular weight excluding hydrogens is 152 g/mol. The second kappa shape index (κ2) is 5.59. The van der Waals surface area contributed by atoms with Crippen molar-refractivity contribution in [1.82, 2.24) is 4.90 Å². The number of nitriles is 1. The van der Waals surface area contributed by atoms with E-state index < -0.39 is 0 Å². The third-order valence-electron chi connectivity index (χ3n) is 1.99. The quantitative estimate of drug-likeness (QED) is 0.596. The topological polar surface area (TPSA) is 44.1 Å². The largest absolute Gasteiger partial charge is 0.329 e. The van der Waals surface area contributed by atoms with E-state index >= 15 is 0 Å². The SMILES string of the molecule is CCC(C)C(=O)N(CC)CC#N. The predicted molar refractivity (Wildman–Crippen MR) is 47.3 cm³/mol. The minimum atomic E-state index is 0.0401. The van der Waals surface area contributed by atoms with Crippen LogP contribution in [0.25, 0.3) is 0 Å². The van der Waals surface area contributed by atoms with E-state index in [1.165, 1.54) is 0 Å². The Balaban J connectivity index is 4.13. The maximum Gasteiger partial charge on any atom is 0.226 e. The van der Waals surface area contributed by atoms with E-state index in [2.05, 4.69) is 0 Å². The van der Waals surface area contributed by atoms with Crippen LogP contribution in [0.3, 0.4) is 0 Å². The molecule has 0 fully saturated rings. The molecule has 0 radical (unpaired) electrons. The van der Waals surface area contributed by atoms with Crippen molar-refractivity contribution in [3.05, 3.63) is 0 Å². The van der Waals surface area contributed by atoms with Gasteiger partial charge in [-0.3, -0.25) is 4.79 Å². The van der Waals surface area contributed by atoms with Crippen molar-refractivity contribution >= 4 is 5.91 Å². The van der Waals surface area contributed by atoms with Gasteiger partial charge in [0.1, 0.15) is 6.54 Å². The van der Waals surface area contributed by atoms with Crippen LogP contribution in [-0.2, 0) is 4.79 Å². The Labute approximate surface area is 74.0 Å². The van der Waals surface area contributed by atoms with Crippen LogP contribution in [0.15, 0.2) is 0 Å². The van der Waals surface area contributed by atoms with Crippen molar-refractivity contribution in [2.45, 2.75) is 27.2 Å². The summed E-state index contributed by atoms with van der Waals surface area (Å²) in [5.74, 6) is 0.125. The van der Waals surface area contributed by atoms with Crippen LogP contribution in [0.2, 0.25) is 0 Å². The number of amides is 1. The maximum absolute atomic E-state index is 11.5. The van der Waals surface area contributed by atoms with E-state index in [4.69, 9.17) is 5.26 Å². The van der Waals surface area contributed by atoms with Crippen LogP contribution in [0.1, 0.15) is 27.2 Å². The molecule has 0 aromatic heterocycles. The zero-order valence-corrected chi connectivity index (χ0v) is 8.00. The van der Waals surface area contributed by atoms with Crippen LogP contribution < -0.4 is 0 Å². The molecule has 3 nitrogen and oxygen atoms in total. The summed E-state index contributed by atoms with van der Waals surface area (Å²) in [7, 11) is 0. The van der Waals surface area contributed by atoms with Gasteiger partial charge in [-0.15, -0.1) is 0 Å². The smallest absolute Gasteiger partial charge is 0.226 e. The molecule has 12 heavy (non-hydrogen) atoms. The Hall–Kier alpha value is -1.04.